The van der Waals surface area contributed by atoms with Crippen LogP contribution in [0.5, 0.6) is 0 Å². The van der Waals surface area contributed by atoms with Crippen LogP contribution < -0.4 is 5.56 Å². The van der Waals surface area contributed by atoms with E-state index in [0.717, 1.165) is 12.1 Å². The maximum absolute atomic E-state index is 14.2. The zero-order valence-corrected chi connectivity index (χ0v) is 24.3. The van der Waals surface area contributed by atoms with E-state index in [0.29, 0.717) is 5.56 Å². The van der Waals surface area contributed by atoms with Crippen LogP contribution in [0.3, 0.4) is 0 Å². The van der Waals surface area contributed by atoms with Crippen LogP contribution in [0.1, 0.15) is 43.5 Å². The van der Waals surface area contributed by atoms with Crippen molar-refractivity contribution in [3.63, 3.8) is 0 Å². The number of pyridine rings is 1. The van der Waals surface area contributed by atoms with E-state index in [4.69, 9.17) is 14.2 Å². The van der Waals surface area contributed by atoms with Gasteiger partial charge >= 0.3 is 17.9 Å². The summed E-state index contributed by atoms with van der Waals surface area (Å²) in [5.74, 6) is -5.09. The fourth-order valence-electron chi connectivity index (χ4n) is 5.70. The van der Waals surface area contributed by atoms with E-state index < -0.39 is 59.3 Å². The number of carbonyl (C=O) groups is 3. The van der Waals surface area contributed by atoms with E-state index in [1.807, 2.05) is 0 Å². The predicted octanol–water partition coefficient (Wildman–Crippen LogP) is 6.15. The lowest BCUT2D eigenvalue weighted by atomic mass is 10.1. The molecule has 1 saturated carbocycles. The Bertz CT molecular complexity index is 1950. The number of halogens is 2. The third kappa shape index (κ3) is 6.28. The number of nitrogens with zero attached hydrogens (tertiary/aromatic N) is 1. The highest BCUT2D eigenvalue weighted by Gasteiger charge is 2.50. The van der Waals surface area contributed by atoms with Gasteiger partial charge in [-0.15, -0.1) is 0 Å². The second-order valence-corrected chi connectivity index (χ2v) is 10.9. The van der Waals surface area contributed by atoms with Gasteiger partial charge in [-0.1, -0.05) is 54.6 Å². The van der Waals surface area contributed by atoms with Crippen molar-refractivity contribution in [2.45, 2.75) is 24.7 Å². The van der Waals surface area contributed by atoms with Crippen molar-refractivity contribution in [2.24, 2.45) is 5.92 Å². The molecule has 8 nitrogen and oxygen atoms in total. The summed E-state index contributed by atoms with van der Waals surface area (Å²) in [6.45, 7) is -0.238. The van der Waals surface area contributed by atoms with Crippen LogP contribution in [-0.4, -0.2) is 41.3 Å². The van der Waals surface area contributed by atoms with Gasteiger partial charge in [0, 0.05) is 12.1 Å². The predicted molar refractivity (Wildman–Crippen MR) is 163 cm³/mol. The van der Waals surface area contributed by atoms with Gasteiger partial charge in [0.25, 0.3) is 5.56 Å². The molecule has 0 unspecified atom stereocenters. The number of hydrogen-bond donors (Lipinski definition) is 0. The zero-order chi connectivity index (χ0) is 32.2. The molecule has 1 aromatic heterocycles. The van der Waals surface area contributed by atoms with Crippen molar-refractivity contribution in [1.29, 1.82) is 0 Å². The minimum atomic E-state index is -1.23. The number of carbonyl (C=O) groups excluding carboxylic acids is 3. The van der Waals surface area contributed by atoms with Crippen LogP contribution in [0.15, 0.2) is 120 Å². The molecule has 1 fully saturated rings. The van der Waals surface area contributed by atoms with Crippen LogP contribution in [0, 0.1) is 17.6 Å². The molecule has 6 rings (SSSR count). The molecule has 0 bridgehead atoms. The summed E-state index contributed by atoms with van der Waals surface area (Å²) >= 11 is 0. The fourth-order valence-corrected chi connectivity index (χ4v) is 5.70. The van der Waals surface area contributed by atoms with Crippen LogP contribution in [0.4, 0.5) is 8.78 Å². The van der Waals surface area contributed by atoms with E-state index in [-0.39, 0.29) is 34.9 Å². The molecule has 10 heteroatoms. The maximum Gasteiger partial charge on any atom is 0.338 e. The summed E-state index contributed by atoms with van der Waals surface area (Å²) < 4.78 is 47.0. The van der Waals surface area contributed by atoms with E-state index in [1.165, 1.54) is 16.8 Å². The van der Waals surface area contributed by atoms with Gasteiger partial charge in [0.05, 0.1) is 34.7 Å². The quantitative estimate of drug-likeness (QED) is 0.151. The third-order valence-electron chi connectivity index (χ3n) is 7.98. The first-order chi connectivity index (χ1) is 22.3. The summed E-state index contributed by atoms with van der Waals surface area (Å²) in [7, 11) is 0. The molecule has 0 spiro atoms. The van der Waals surface area contributed by atoms with Gasteiger partial charge < -0.3 is 18.8 Å². The lowest BCUT2D eigenvalue weighted by molar-refractivity contribution is -0.0497. The summed E-state index contributed by atoms with van der Waals surface area (Å²) in [6, 6.07) is 26.9. The monoisotopic (exact) mass is 623 g/mol. The molecule has 1 aliphatic rings. The van der Waals surface area contributed by atoms with Gasteiger partial charge in [-0.3, -0.25) is 4.79 Å². The summed E-state index contributed by atoms with van der Waals surface area (Å²) in [5, 5.41) is 0.0858. The Morgan fingerprint density at radius 3 is 1.74 bits per heavy atom. The van der Waals surface area contributed by atoms with Crippen molar-refractivity contribution in [2.75, 3.05) is 6.61 Å². The van der Waals surface area contributed by atoms with Gasteiger partial charge in [-0.05, 0) is 66.4 Å². The molecule has 0 N–H and O–H groups in total. The van der Waals surface area contributed by atoms with Gasteiger partial charge in [-0.2, -0.15) is 0 Å². The number of benzene rings is 4. The number of fused-ring (bicyclic) bond motifs is 1. The van der Waals surface area contributed by atoms with Crippen LogP contribution >= 0.6 is 0 Å². The smallest absolute Gasteiger partial charge is 0.338 e. The number of hydrogen-bond acceptors (Lipinski definition) is 7. The van der Waals surface area contributed by atoms with E-state index in [2.05, 4.69) is 0 Å². The Kier molecular flexibility index (Phi) is 8.69. The first kappa shape index (κ1) is 30.4. The largest absolute Gasteiger partial charge is 0.462 e. The van der Waals surface area contributed by atoms with Gasteiger partial charge in [0.2, 0.25) is 0 Å². The molecule has 46 heavy (non-hydrogen) atoms. The molecular formula is C36H27F2NO7. The average molecular weight is 624 g/mol. The summed E-state index contributed by atoms with van der Waals surface area (Å²) in [5.41, 5.74) is 0.0930. The van der Waals surface area contributed by atoms with Crippen molar-refractivity contribution >= 4 is 28.7 Å². The Morgan fingerprint density at radius 1 is 0.674 bits per heavy atom. The summed E-state index contributed by atoms with van der Waals surface area (Å²) in [4.78, 5) is 53.3. The SMILES string of the molecule is O=C(OC[C@H]1C[C@@H](n2ccc3cc(F)c(F)cc3c2=O)[C@H](OC(=O)c2ccccc2)[C@@H]1OC(=O)c1ccccc1)c1ccccc1. The second-order valence-electron chi connectivity index (χ2n) is 10.9. The molecule has 0 aliphatic heterocycles. The molecule has 5 aromatic rings. The lowest BCUT2D eigenvalue weighted by Gasteiger charge is -2.27. The van der Waals surface area contributed by atoms with Crippen molar-refractivity contribution in [1.82, 2.24) is 4.57 Å². The Labute approximate surface area is 261 Å². The number of rotatable bonds is 8. The van der Waals surface area contributed by atoms with Gasteiger partial charge in [0.15, 0.2) is 17.7 Å². The number of ether oxygens (including phenoxy) is 3. The minimum absolute atomic E-state index is 0.0661. The highest BCUT2D eigenvalue weighted by molar-refractivity contribution is 5.91. The van der Waals surface area contributed by atoms with Crippen LogP contribution in [-0.2, 0) is 14.2 Å². The second kappa shape index (κ2) is 13.2. The summed E-state index contributed by atoms with van der Waals surface area (Å²) in [6.07, 6.45) is -0.941. The van der Waals surface area contributed by atoms with Crippen molar-refractivity contribution in [3.8, 4) is 0 Å². The molecule has 232 valence electrons. The molecule has 4 aromatic carbocycles. The van der Waals surface area contributed by atoms with E-state index in [1.54, 1.807) is 91.0 Å². The van der Waals surface area contributed by atoms with E-state index >= 15 is 0 Å². The molecule has 0 amide bonds. The van der Waals surface area contributed by atoms with E-state index in [9.17, 15) is 28.0 Å². The van der Waals surface area contributed by atoms with Crippen molar-refractivity contribution in [3.05, 3.63) is 154 Å². The standard InChI is InChI=1S/C36H27F2NO7/c37-28-18-25-16-17-39(33(40)27(25)20-29(28)38)30-19-26(21-44-34(41)22-10-4-1-5-11-22)31(45-35(42)23-12-6-2-7-13-23)32(30)46-36(43)24-14-8-3-9-15-24/h1-18,20,26,30-32H,19,21H2/t26-,30-,31-,32+/m1/s1. The Balaban J connectivity index is 1.40. The minimum Gasteiger partial charge on any atom is -0.462 e. The number of aromatic nitrogens is 1. The average Bonchev–Trinajstić information content (AvgIpc) is 3.41. The third-order valence-corrected chi connectivity index (χ3v) is 7.98. The molecule has 0 radical (unpaired) electrons. The maximum atomic E-state index is 14.2. The molecule has 0 saturated heterocycles. The van der Waals surface area contributed by atoms with Crippen LogP contribution in [0.2, 0.25) is 0 Å². The first-order valence-electron chi connectivity index (χ1n) is 14.5. The van der Waals surface area contributed by atoms with Crippen LogP contribution in [0.25, 0.3) is 10.8 Å². The zero-order valence-electron chi connectivity index (χ0n) is 24.3. The molecule has 1 heterocycles. The normalized spacial score (nSPS) is 19.0. The Morgan fingerprint density at radius 2 is 1.17 bits per heavy atom. The first-order valence-corrected chi connectivity index (χ1v) is 14.5. The molecule has 4 atom stereocenters. The highest BCUT2D eigenvalue weighted by Crippen LogP contribution is 2.40. The number of esters is 3. The molecular weight excluding hydrogens is 596 g/mol. The molecule has 1 aliphatic carbocycles. The van der Waals surface area contributed by atoms with Gasteiger partial charge in [-0.25, -0.2) is 23.2 Å². The highest BCUT2D eigenvalue weighted by atomic mass is 19.2. The fraction of sp³-hybridized carbons (Fsp3) is 0.167. The topological polar surface area (TPSA) is 101 Å². The Hall–Kier alpha value is -5.64. The van der Waals surface area contributed by atoms with Crippen molar-refractivity contribution < 1.29 is 37.4 Å². The van der Waals surface area contributed by atoms with Gasteiger partial charge in [0.1, 0.15) is 6.10 Å². The lowest BCUT2D eigenvalue weighted by Crippen LogP contribution is -2.40.